The van der Waals surface area contributed by atoms with Crippen LogP contribution >= 0.6 is 24.4 Å². The van der Waals surface area contributed by atoms with Crippen LogP contribution in [0.3, 0.4) is 0 Å². The number of rotatable bonds is 4. The molecule has 0 bridgehead atoms. The van der Waals surface area contributed by atoms with Gasteiger partial charge in [0, 0.05) is 27.3 Å². The average Bonchev–Trinajstić information content (AvgIpc) is 3.42. The molecule has 0 amide bonds. The van der Waals surface area contributed by atoms with Crippen LogP contribution in [-0.4, -0.2) is 20.3 Å². The lowest BCUT2D eigenvalue weighted by molar-refractivity contribution is 0.632. The van der Waals surface area contributed by atoms with Gasteiger partial charge in [-0.25, -0.2) is 9.97 Å². The fraction of sp³-hybridized carbons (Fsp3) is 0.0732. The number of hydrogen-bond acceptors (Lipinski definition) is 7. The van der Waals surface area contributed by atoms with E-state index in [0.29, 0.717) is 0 Å². The van der Waals surface area contributed by atoms with Crippen molar-refractivity contribution in [2.75, 3.05) is 4.90 Å². The Morgan fingerprint density at radius 3 is 1.65 bits per heavy atom. The third-order valence-electron chi connectivity index (χ3n) is 9.78. The van der Waals surface area contributed by atoms with E-state index in [9.17, 15) is 0 Å². The van der Waals surface area contributed by atoms with E-state index in [-0.39, 0.29) is 17.1 Å². The third-order valence-corrected chi connectivity index (χ3v) is 9.96. The predicted molar refractivity (Wildman–Crippen MR) is 203 cm³/mol. The summed E-state index contributed by atoms with van der Waals surface area (Å²) in [7, 11) is 0. The number of aliphatic imine (C=N–C) groups is 2. The summed E-state index contributed by atoms with van der Waals surface area (Å²) in [5.74, 6) is 0.550. The number of nitrogens with zero attached hydrogens (tertiary/aromatic N) is 5. The van der Waals surface area contributed by atoms with Crippen LogP contribution in [0.5, 0.6) is 0 Å². The summed E-state index contributed by atoms with van der Waals surface area (Å²) < 4.78 is 0. The second-order valence-corrected chi connectivity index (χ2v) is 12.9. The minimum atomic E-state index is -0.126. The Morgan fingerprint density at radius 1 is 0.521 bits per heavy atom. The van der Waals surface area contributed by atoms with Gasteiger partial charge in [0.1, 0.15) is 0 Å². The van der Waals surface area contributed by atoms with Crippen molar-refractivity contribution >= 4 is 85.0 Å². The van der Waals surface area contributed by atoms with Gasteiger partial charge in [0.2, 0.25) is 11.6 Å². The fourth-order valence-corrected chi connectivity index (χ4v) is 7.89. The first-order valence-electron chi connectivity index (χ1n) is 15.7. The van der Waals surface area contributed by atoms with Gasteiger partial charge in [-0.1, -0.05) is 111 Å². The topological polar surface area (TPSA) is 53.7 Å². The van der Waals surface area contributed by atoms with E-state index in [2.05, 4.69) is 154 Å². The maximum atomic E-state index is 4.87. The standard InChI is InChI=1S/C41H25N5S2/c1-41(2)31-15-3-5-17-34(31)46(35-18-6-4-16-32(35)41)33-19-9-11-25-24(10-7-12-27(25)33)26-20-21-30-36-28(26)13-8-14-29(36)37-38(30)45-40(43-23-48)39(44-37)42-22-47/h3-21H,1-2H3. The Kier molecular flexibility index (Phi) is 6.35. The van der Waals surface area contributed by atoms with Crippen LogP contribution in [0.1, 0.15) is 25.0 Å². The molecule has 9 rings (SSSR count). The largest absolute Gasteiger partial charge is 0.309 e. The van der Waals surface area contributed by atoms with Crippen molar-refractivity contribution in [3.8, 4) is 33.6 Å². The molecule has 2 aliphatic rings. The van der Waals surface area contributed by atoms with Crippen LogP contribution in [0, 0.1) is 0 Å². The van der Waals surface area contributed by atoms with E-state index in [4.69, 9.17) is 34.4 Å². The summed E-state index contributed by atoms with van der Waals surface area (Å²) >= 11 is 9.75. The van der Waals surface area contributed by atoms with E-state index in [1.54, 1.807) is 0 Å². The van der Waals surface area contributed by atoms with Gasteiger partial charge in [-0.15, -0.1) is 0 Å². The molecule has 2 heterocycles. The van der Waals surface area contributed by atoms with Crippen molar-refractivity contribution < 1.29 is 0 Å². The quantitative estimate of drug-likeness (QED) is 0.140. The van der Waals surface area contributed by atoms with Crippen molar-refractivity contribution in [1.82, 2.24) is 9.97 Å². The van der Waals surface area contributed by atoms with Crippen LogP contribution in [-0.2, 0) is 5.41 Å². The number of thiocarbonyl (C=S) groups is 2. The normalized spacial score (nSPS) is 13.3. The molecular weight excluding hydrogens is 627 g/mol. The molecule has 0 saturated heterocycles. The molecule has 7 aromatic rings. The average molecular weight is 652 g/mol. The molecular formula is C41H25N5S2. The van der Waals surface area contributed by atoms with E-state index in [0.717, 1.165) is 50.1 Å². The van der Waals surface area contributed by atoms with Crippen molar-refractivity contribution in [1.29, 1.82) is 0 Å². The number of hydrogen-bond donors (Lipinski definition) is 0. The van der Waals surface area contributed by atoms with E-state index >= 15 is 0 Å². The second-order valence-electron chi connectivity index (χ2n) is 12.5. The Bertz CT molecular complexity index is 2530. The molecule has 0 fully saturated rings. The highest BCUT2D eigenvalue weighted by Gasteiger charge is 2.37. The zero-order valence-corrected chi connectivity index (χ0v) is 27.7. The molecule has 1 aliphatic heterocycles. The fourth-order valence-electron chi connectivity index (χ4n) is 7.72. The molecule has 1 aliphatic carbocycles. The number of aromatic nitrogens is 2. The van der Waals surface area contributed by atoms with Gasteiger partial charge in [-0.05, 0) is 75.7 Å². The molecule has 7 heteroatoms. The molecule has 6 aromatic carbocycles. The maximum Gasteiger partial charge on any atom is 0.209 e. The smallest absolute Gasteiger partial charge is 0.209 e. The molecule has 48 heavy (non-hydrogen) atoms. The summed E-state index contributed by atoms with van der Waals surface area (Å²) in [6, 6.07) is 41.5. The second kappa shape index (κ2) is 10.7. The molecule has 5 nitrogen and oxygen atoms in total. The molecule has 0 saturated carbocycles. The van der Waals surface area contributed by atoms with Crippen LogP contribution in [0.2, 0.25) is 0 Å². The van der Waals surface area contributed by atoms with E-state index in [1.165, 1.54) is 33.3 Å². The van der Waals surface area contributed by atoms with Gasteiger partial charge in [0.25, 0.3) is 0 Å². The zero-order chi connectivity index (χ0) is 32.6. The van der Waals surface area contributed by atoms with Gasteiger partial charge >= 0.3 is 0 Å². The summed E-state index contributed by atoms with van der Waals surface area (Å²) in [6.45, 7) is 4.64. The molecule has 0 N–H and O–H groups in total. The Morgan fingerprint density at radius 2 is 1.00 bits per heavy atom. The van der Waals surface area contributed by atoms with E-state index in [1.807, 2.05) is 0 Å². The first-order chi connectivity index (χ1) is 23.5. The minimum Gasteiger partial charge on any atom is -0.309 e. The first-order valence-corrected chi connectivity index (χ1v) is 16.5. The molecule has 0 atom stereocenters. The lowest BCUT2D eigenvalue weighted by Crippen LogP contribution is -2.30. The number of benzene rings is 6. The number of anilines is 3. The lowest BCUT2D eigenvalue weighted by atomic mass is 9.73. The molecule has 226 valence electrons. The summed E-state index contributed by atoms with van der Waals surface area (Å²) in [5, 5.41) is 9.36. The van der Waals surface area contributed by atoms with Crippen LogP contribution in [0.15, 0.2) is 125 Å². The highest BCUT2D eigenvalue weighted by atomic mass is 32.1. The van der Waals surface area contributed by atoms with Gasteiger partial charge in [0.05, 0.1) is 38.8 Å². The SMILES string of the molecule is CC1(C)c2ccccc2N(c2cccc3c(-c4ccc5c6c(cccc46)-c4nc(N=C=S)c(N=C=S)nc4-5)cccc23)c2ccccc21. The van der Waals surface area contributed by atoms with Crippen molar-refractivity contribution in [2.24, 2.45) is 9.98 Å². The Labute approximate surface area is 288 Å². The maximum absolute atomic E-state index is 4.87. The zero-order valence-electron chi connectivity index (χ0n) is 26.0. The Balaban J connectivity index is 1.27. The van der Waals surface area contributed by atoms with Gasteiger partial charge < -0.3 is 4.90 Å². The number of fused-ring (bicyclic) bond motifs is 6. The van der Waals surface area contributed by atoms with Crippen molar-refractivity contribution in [3.63, 3.8) is 0 Å². The van der Waals surface area contributed by atoms with Crippen molar-refractivity contribution in [2.45, 2.75) is 19.3 Å². The van der Waals surface area contributed by atoms with Crippen LogP contribution in [0.4, 0.5) is 28.7 Å². The monoisotopic (exact) mass is 651 g/mol. The van der Waals surface area contributed by atoms with E-state index < -0.39 is 0 Å². The van der Waals surface area contributed by atoms with Gasteiger partial charge in [0.15, 0.2) is 0 Å². The summed E-state index contributed by atoms with van der Waals surface area (Å²) in [6.07, 6.45) is 0. The molecule has 1 aromatic heterocycles. The van der Waals surface area contributed by atoms with Crippen LogP contribution < -0.4 is 4.90 Å². The lowest BCUT2D eigenvalue weighted by Gasteiger charge is -2.42. The minimum absolute atomic E-state index is 0.126. The highest BCUT2D eigenvalue weighted by Crippen LogP contribution is 2.54. The third kappa shape index (κ3) is 3.97. The summed E-state index contributed by atoms with van der Waals surface area (Å²) in [5.41, 5.74) is 11.8. The van der Waals surface area contributed by atoms with Gasteiger partial charge in [-0.2, -0.15) is 9.98 Å². The number of isothiocyanates is 2. The molecule has 0 spiro atoms. The molecule has 0 radical (unpaired) electrons. The molecule has 0 unspecified atom stereocenters. The summed E-state index contributed by atoms with van der Waals surface area (Å²) in [4.78, 5) is 20.3. The number of para-hydroxylation sites is 2. The predicted octanol–water partition coefficient (Wildman–Crippen LogP) is 11.7. The highest BCUT2D eigenvalue weighted by molar-refractivity contribution is 7.78. The van der Waals surface area contributed by atoms with Gasteiger partial charge in [-0.3, -0.25) is 0 Å². The Hall–Kier alpha value is -5.68. The van der Waals surface area contributed by atoms with Crippen molar-refractivity contribution in [3.05, 3.63) is 126 Å². The first kappa shape index (κ1) is 28.5. The van der Waals surface area contributed by atoms with Crippen LogP contribution in [0.25, 0.3) is 55.2 Å².